The van der Waals surface area contributed by atoms with E-state index in [1.165, 1.54) is 321 Å². The number of carbonyl (C=O) groups excluding carboxylic acids is 4. The normalized spacial score (nSPS) is 13.7. The van der Waals surface area contributed by atoms with Crippen LogP contribution in [0.3, 0.4) is 0 Å². The number of esters is 4. The van der Waals surface area contributed by atoms with E-state index in [4.69, 9.17) is 37.0 Å². The Bertz CT molecular complexity index is 2030. The van der Waals surface area contributed by atoms with E-state index in [-0.39, 0.29) is 25.7 Å². The first-order chi connectivity index (χ1) is 52.7. The fourth-order valence-electron chi connectivity index (χ4n) is 14.1. The predicted octanol–water partition coefficient (Wildman–Crippen LogP) is 27.7. The van der Waals surface area contributed by atoms with Gasteiger partial charge in [-0.2, -0.15) is 0 Å². The van der Waals surface area contributed by atoms with Gasteiger partial charge in [-0.15, -0.1) is 0 Å². The molecule has 0 rings (SSSR count). The van der Waals surface area contributed by atoms with E-state index >= 15 is 0 Å². The fraction of sp³-hybridized carbons (Fsp3) is 0.955. The number of hydrogen-bond donors (Lipinski definition) is 3. The first-order valence-electron chi connectivity index (χ1n) is 46.3. The molecule has 0 aliphatic heterocycles. The van der Waals surface area contributed by atoms with Crippen LogP contribution in [0.4, 0.5) is 0 Å². The Kier molecular flexibility index (Phi) is 81.5. The van der Waals surface area contributed by atoms with Gasteiger partial charge < -0.3 is 33.8 Å². The summed E-state index contributed by atoms with van der Waals surface area (Å²) in [6.07, 6.45) is 79.2. The van der Waals surface area contributed by atoms with Crippen LogP contribution in [0.15, 0.2) is 0 Å². The number of hydrogen-bond acceptors (Lipinski definition) is 15. The second kappa shape index (κ2) is 83.0. The topological polar surface area (TPSA) is 237 Å². The Labute approximate surface area is 664 Å². The van der Waals surface area contributed by atoms with Gasteiger partial charge in [-0.25, -0.2) is 9.13 Å². The standard InChI is InChI=1S/C89H174O17P2/c1-5-9-13-17-21-25-29-32-35-37-39-41-43-45-48-50-54-58-62-66-70-74-87(92)100-80-85(106-89(94)76-72-68-64-60-56-52-49-46-44-42-40-38-36-33-30-26-22-18-14-10-6-2)82-104-108(97,98)102-78-83(90)77-101-107(95,96)103-81-84(79-99-86(91)73-69-65-61-57-53-28-24-20-16-12-8-4)105-88(93)75-71-67-63-59-55-51-47-34-31-27-23-19-15-11-7-3/h83-85,90H,5-82H2,1-4H3,(H,95,96)(H,97,98)/t83-,84+,85+/m0/s1. The van der Waals surface area contributed by atoms with E-state index in [9.17, 15) is 43.2 Å². The summed E-state index contributed by atoms with van der Waals surface area (Å²) in [6, 6.07) is 0. The lowest BCUT2D eigenvalue weighted by molar-refractivity contribution is -0.161. The van der Waals surface area contributed by atoms with Gasteiger partial charge in [0, 0.05) is 25.7 Å². The molecule has 0 radical (unpaired) electrons. The quantitative estimate of drug-likeness (QED) is 0.0222. The van der Waals surface area contributed by atoms with Crippen LogP contribution in [0.5, 0.6) is 0 Å². The number of phosphoric ester groups is 2. The number of unbranched alkanes of at least 4 members (excludes halogenated alkanes) is 64. The molecule has 0 aliphatic rings. The molecule has 0 spiro atoms. The van der Waals surface area contributed by atoms with Gasteiger partial charge in [0.2, 0.25) is 0 Å². The van der Waals surface area contributed by atoms with Crippen molar-refractivity contribution >= 4 is 39.5 Å². The summed E-state index contributed by atoms with van der Waals surface area (Å²) in [5.41, 5.74) is 0. The minimum Gasteiger partial charge on any atom is -0.462 e. The number of aliphatic hydroxyl groups excluding tert-OH is 1. The molecule has 0 saturated heterocycles. The largest absolute Gasteiger partial charge is 0.472 e. The first kappa shape index (κ1) is 106. The lowest BCUT2D eigenvalue weighted by Crippen LogP contribution is -2.30. The maximum atomic E-state index is 13.2. The zero-order valence-corrected chi connectivity index (χ0v) is 72.6. The lowest BCUT2D eigenvalue weighted by Gasteiger charge is -2.21. The van der Waals surface area contributed by atoms with Gasteiger partial charge in [0.15, 0.2) is 12.2 Å². The molecule has 0 saturated carbocycles. The van der Waals surface area contributed by atoms with Crippen LogP contribution in [0.1, 0.15) is 490 Å². The van der Waals surface area contributed by atoms with Crippen molar-refractivity contribution in [1.82, 2.24) is 0 Å². The van der Waals surface area contributed by atoms with Crippen molar-refractivity contribution in [3.05, 3.63) is 0 Å². The number of carbonyl (C=O) groups is 4. The van der Waals surface area contributed by atoms with Crippen molar-refractivity contribution in [3.63, 3.8) is 0 Å². The van der Waals surface area contributed by atoms with E-state index in [0.717, 1.165) is 89.9 Å². The second-order valence-corrected chi connectivity index (χ2v) is 34.9. The van der Waals surface area contributed by atoms with Crippen LogP contribution in [0.25, 0.3) is 0 Å². The third-order valence-electron chi connectivity index (χ3n) is 21.1. The Morgan fingerprint density at radius 2 is 0.370 bits per heavy atom. The average molecular weight is 1580 g/mol. The van der Waals surface area contributed by atoms with E-state index in [1.54, 1.807) is 0 Å². The van der Waals surface area contributed by atoms with Gasteiger partial charge in [-0.05, 0) is 25.7 Å². The van der Waals surface area contributed by atoms with Gasteiger partial charge in [-0.3, -0.25) is 37.3 Å². The van der Waals surface area contributed by atoms with Gasteiger partial charge >= 0.3 is 39.5 Å². The SMILES string of the molecule is CCCCCCCCCCCCCCCCCCCCCCCC(=O)OC[C@H](COP(=O)(O)OC[C@@H](O)COP(=O)(O)OC[C@@H](COC(=O)CCCCCCCCCCCCC)OC(=O)CCCCCCCCCCCCCCCCC)OC(=O)CCCCCCCCCCCCCCCCCCCCCCC. The highest BCUT2D eigenvalue weighted by Crippen LogP contribution is 2.45. The number of aliphatic hydroxyl groups is 1. The molecular formula is C89H174O17P2. The van der Waals surface area contributed by atoms with E-state index in [0.29, 0.717) is 25.7 Å². The molecule has 0 aromatic rings. The van der Waals surface area contributed by atoms with Crippen molar-refractivity contribution < 1.29 is 80.2 Å². The lowest BCUT2D eigenvalue weighted by atomic mass is 10.0. The summed E-state index contributed by atoms with van der Waals surface area (Å²) < 4.78 is 69.0. The van der Waals surface area contributed by atoms with Crippen LogP contribution in [-0.2, 0) is 65.4 Å². The maximum absolute atomic E-state index is 13.2. The summed E-state index contributed by atoms with van der Waals surface area (Å²) >= 11 is 0. The van der Waals surface area contributed by atoms with Gasteiger partial charge in [0.1, 0.15) is 19.3 Å². The molecule has 0 aliphatic carbocycles. The minimum atomic E-state index is -4.97. The molecule has 5 atom stereocenters. The van der Waals surface area contributed by atoms with E-state index in [1.807, 2.05) is 0 Å². The summed E-state index contributed by atoms with van der Waals surface area (Å²) in [6.45, 7) is 5.07. The molecule has 0 aromatic heterocycles. The van der Waals surface area contributed by atoms with Crippen molar-refractivity contribution in [2.45, 2.75) is 508 Å². The molecule has 19 heteroatoms. The zero-order valence-electron chi connectivity index (χ0n) is 70.8. The summed E-state index contributed by atoms with van der Waals surface area (Å²) in [4.78, 5) is 73.3. The van der Waals surface area contributed by atoms with Crippen LogP contribution in [-0.4, -0.2) is 96.7 Å². The van der Waals surface area contributed by atoms with Crippen molar-refractivity contribution in [2.24, 2.45) is 0 Å². The molecule has 642 valence electrons. The molecule has 0 amide bonds. The molecule has 0 bridgehead atoms. The Morgan fingerprint density at radius 1 is 0.222 bits per heavy atom. The first-order valence-corrected chi connectivity index (χ1v) is 49.3. The highest BCUT2D eigenvalue weighted by atomic mass is 31.2. The summed E-state index contributed by atoms with van der Waals surface area (Å²) in [5, 5.41) is 10.7. The molecule has 0 aromatic carbocycles. The molecule has 3 N–H and O–H groups in total. The third kappa shape index (κ3) is 82.1. The van der Waals surface area contributed by atoms with Crippen molar-refractivity contribution in [1.29, 1.82) is 0 Å². The molecule has 108 heavy (non-hydrogen) atoms. The van der Waals surface area contributed by atoms with Crippen molar-refractivity contribution in [2.75, 3.05) is 39.6 Å². The van der Waals surface area contributed by atoms with Gasteiger partial charge in [0.05, 0.1) is 26.4 Å². The monoisotopic (exact) mass is 1580 g/mol. The van der Waals surface area contributed by atoms with Crippen LogP contribution in [0.2, 0.25) is 0 Å². The molecule has 17 nitrogen and oxygen atoms in total. The van der Waals surface area contributed by atoms with E-state index in [2.05, 4.69) is 27.7 Å². The van der Waals surface area contributed by atoms with Crippen molar-refractivity contribution in [3.8, 4) is 0 Å². The highest BCUT2D eigenvalue weighted by molar-refractivity contribution is 7.47. The second-order valence-electron chi connectivity index (χ2n) is 32.0. The number of rotatable bonds is 90. The van der Waals surface area contributed by atoms with Crippen LogP contribution < -0.4 is 0 Å². The smallest absolute Gasteiger partial charge is 0.462 e. The molecular weight excluding hydrogens is 1400 g/mol. The maximum Gasteiger partial charge on any atom is 0.472 e. The molecule has 0 fully saturated rings. The van der Waals surface area contributed by atoms with Gasteiger partial charge in [-0.1, -0.05) is 439 Å². The third-order valence-corrected chi connectivity index (χ3v) is 23.0. The molecule has 0 heterocycles. The molecule has 2 unspecified atom stereocenters. The Hall–Kier alpha value is -1.94. The van der Waals surface area contributed by atoms with Gasteiger partial charge in [0.25, 0.3) is 0 Å². The van der Waals surface area contributed by atoms with E-state index < -0.39 is 97.5 Å². The fourth-order valence-corrected chi connectivity index (χ4v) is 15.6. The Balaban J connectivity index is 5.22. The average Bonchev–Trinajstić information content (AvgIpc) is 0.901. The number of ether oxygens (including phenoxy) is 4. The van der Waals surface area contributed by atoms with Crippen LogP contribution in [0, 0.1) is 0 Å². The Morgan fingerprint density at radius 3 is 0.546 bits per heavy atom. The zero-order chi connectivity index (χ0) is 78.9. The number of phosphoric acid groups is 2. The van der Waals surface area contributed by atoms with Crippen LogP contribution >= 0.6 is 15.6 Å². The summed E-state index contributed by atoms with van der Waals surface area (Å²) in [7, 11) is -9.93. The summed E-state index contributed by atoms with van der Waals surface area (Å²) in [5.74, 6) is -2.09. The highest BCUT2D eigenvalue weighted by Gasteiger charge is 2.30. The minimum absolute atomic E-state index is 0.109. The predicted molar refractivity (Wildman–Crippen MR) is 446 cm³/mol.